The van der Waals surface area contributed by atoms with E-state index >= 15 is 0 Å². The highest BCUT2D eigenvalue weighted by atomic mass is 16.6. The summed E-state index contributed by atoms with van der Waals surface area (Å²) in [4.78, 5) is 57.0. The zero-order chi connectivity index (χ0) is 32.7. The number of nitrogens with zero attached hydrogens (tertiary/aromatic N) is 4. The summed E-state index contributed by atoms with van der Waals surface area (Å²) in [5.74, 6) is -2.05. The van der Waals surface area contributed by atoms with E-state index in [2.05, 4.69) is 0 Å². The van der Waals surface area contributed by atoms with Crippen LogP contribution in [0.5, 0.6) is 0 Å². The average Bonchev–Trinajstić information content (AvgIpc) is 2.78. The summed E-state index contributed by atoms with van der Waals surface area (Å²) >= 11 is 0. The first-order valence-electron chi connectivity index (χ1n) is 15.0. The van der Waals surface area contributed by atoms with Crippen LogP contribution in [0.15, 0.2) is 0 Å². The van der Waals surface area contributed by atoms with Crippen LogP contribution in [0.25, 0.3) is 0 Å². The number of ether oxygens (including phenoxy) is 3. The Bertz CT molecular complexity index is 800. The van der Waals surface area contributed by atoms with Crippen molar-refractivity contribution in [3.63, 3.8) is 0 Å². The standard InChI is InChI=1S/C28H52N4O8.C2H6/c1-26(2,3)38-23(35)19-30-12-10-29(18-22(33)34)11-13-31(20-24(36)39-27(4,5)6)15-17-32(16-14-30)21-25(37)40-28(7,8)9;1-2/h10-21H2,1-9H3,(H,33,34);1-2H3. The minimum atomic E-state index is -0.951. The second-order valence-corrected chi connectivity index (χ2v) is 13.3. The molecule has 0 bridgehead atoms. The number of carboxylic acids is 1. The monoisotopic (exact) mass is 602 g/mol. The molecule has 0 spiro atoms. The molecule has 0 unspecified atom stereocenters. The summed E-state index contributed by atoms with van der Waals surface area (Å²) < 4.78 is 16.6. The third-order valence-corrected chi connectivity index (χ3v) is 5.61. The number of aliphatic carboxylic acids is 1. The minimum Gasteiger partial charge on any atom is -0.480 e. The Morgan fingerprint density at radius 2 is 0.667 bits per heavy atom. The van der Waals surface area contributed by atoms with Gasteiger partial charge in [0.1, 0.15) is 16.8 Å². The third-order valence-electron chi connectivity index (χ3n) is 5.61. The molecule has 0 aromatic heterocycles. The third kappa shape index (κ3) is 21.4. The van der Waals surface area contributed by atoms with Gasteiger partial charge in [-0.25, -0.2) is 0 Å². The average molecular weight is 603 g/mol. The van der Waals surface area contributed by atoms with Gasteiger partial charge in [-0.1, -0.05) is 13.8 Å². The van der Waals surface area contributed by atoms with Gasteiger partial charge in [-0.15, -0.1) is 0 Å². The summed E-state index contributed by atoms with van der Waals surface area (Å²) in [6, 6.07) is 0. The Morgan fingerprint density at radius 1 is 0.476 bits per heavy atom. The summed E-state index contributed by atoms with van der Waals surface area (Å²) in [5.41, 5.74) is -1.87. The summed E-state index contributed by atoms with van der Waals surface area (Å²) in [6.07, 6.45) is 0. The molecule has 246 valence electrons. The van der Waals surface area contributed by atoms with E-state index in [1.54, 1.807) is 46.4 Å². The van der Waals surface area contributed by atoms with E-state index in [9.17, 15) is 24.3 Å². The molecule has 0 saturated carbocycles. The van der Waals surface area contributed by atoms with Crippen LogP contribution in [0.2, 0.25) is 0 Å². The van der Waals surface area contributed by atoms with E-state index < -0.39 is 22.8 Å². The van der Waals surface area contributed by atoms with Crippen LogP contribution in [0, 0.1) is 0 Å². The molecule has 1 heterocycles. The highest BCUT2D eigenvalue weighted by Crippen LogP contribution is 2.11. The Balaban J connectivity index is 0.00000821. The van der Waals surface area contributed by atoms with Crippen LogP contribution in [-0.4, -0.2) is 144 Å². The van der Waals surface area contributed by atoms with Gasteiger partial charge < -0.3 is 19.3 Å². The lowest BCUT2D eigenvalue weighted by Crippen LogP contribution is -2.50. The van der Waals surface area contributed by atoms with Gasteiger partial charge in [0.2, 0.25) is 0 Å². The van der Waals surface area contributed by atoms with Crippen molar-refractivity contribution in [3.05, 3.63) is 0 Å². The van der Waals surface area contributed by atoms with Crippen LogP contribution < -0.4 is 0 Å². The first-order chi connectivity index (χ1) is 19.2. The smallest absolute Gasteiger partial charge is 0.320 e. The number of hydrogen-bond donors (Lipinski definition) is 1. The molecule has 0 aromatic rings. The van der Waals surface area contributed by atoms with Crippen molar-refractivity contribution in [1.82, 2.24) is 19.6 Å². The van der Waals surface area contributed by atoms with Crippen LogP contribution in [-0.2, 0) is 33.4 Å². The fourth-order valence-corrected chi connectivity index (χ4v) is 4.07. The van der Waals surface area contributed by atoms with Crippen LogP contribution >= 0.6 is 0 Å². The van der Waals surface area contributed by atoms with E-state index in [0.29, 0.717) is 52.4 Å². The van der Waals surface area contributed by atoms with Crippen molar-refractivity contribution in [2.75, 3.05) is 78.5 Å². The van der Waals surface area contributed by atoms with Gasteiger partial charge >= 0.3 is 23.9 Å². The van der Waals surface area contributed by atoms with Crippen molar-refractivity contribution in [2.45, 2.75) is 93.0 Å². The lowest BCUT2D eigenvalue weighted by Gasteiger charge is -2.34. The van der Waals surface area contributed by atoms with Gasteiger partial charge in [0.05, 0.1) is 26.2 Å². The number of rotatable bonds is 8. The molecule has 1 rings (SSSR count). The highest BCUT2D eigenvalue weighted by Gasteiger charge is 2.25. The molecule has 1 aliphatic rings. The second kappa shape index (κ2) is 18.4. The topological polar surface area (TPSA) is 129 Å². The molecule has 1 saturated heterocycles. The maximum absolute atomic E-state index is 12.7. The van der Waals surface area contributed by atoms with E-state index in [1.807, 2.05) is 49.3 Å². The Morgan fingerprint density at radius 3 is 0.833 bits per heavy atom. The lowest BCUT2D eigenvalue weighted by molar-refractivity contribution is -0.158. The predicted molar refractivity (Wildman–Crippen MR) is 162 cm³/mol. The van der Waals surface area contributed by atoms with Crippen LogP contribution in [0.4, 0.5) is 0 Å². The Hall–Kier alpha value is -2.28. The Labute approximate surface area is 253 Å². The largest absolute Gasteiger partial charge is 0.480 e. The molecule has 0 amide bonds. The molecular weight excluding hydrogens is 544 g/mol. The van der Waals surface area contributed by atoms with E-state index in [1.165, 1.54) is 0 Å². The molecule has 42 heavy (non-hydrogen) atoms. The van der Waals surface area contributed by atoms with Crippen molar-refractivity contribution >= 4 is 23.9 Å². The fourth-order valence-electron chi connectivity index (χ4n) is 4.07. The first-order valence-corrected chi connectivity index (χ1v) is 15.0. The summed E-state index contributed by atoms with van der Waals surface area (Å²) in [5, 5.41) is 9.46. The van der Waals surface area contributed by atoms with Crippen molar-refractivity contribution in [1.29, 1.82) is 0 Å². The first kappa shape index (κ1) is 39.7. The second-order valence-electron chi connectivity index (χ2n) is 13.3. The summed E-state index contributed by atoms with van der Waals surface area (Å²) in [7, 11) is 0. The molecule has 0 atom stereocenters. The molecule has 0 aliphatic carbocycles. The number of esters is 3. The zero-order valence-electron chi connectivity index (χ0n) is 28.1. The van der Waals surface area contributed by atoms with Gasteiger partial charge in [0.15, 0.2) is 0 Å². The van der Waals surface area contributed by atoms with E-state index in [4.69, 9.17) is 14.2 Å². The molecule has 1 N–H and O–H groups in total. The SMILES string of the molecule is CC.CC(C)(C)OC(=O)CN1CCN(CC(=O)O)CCN(CC(=O)OC(C)(C)C)CCN(CC(=O)OC(C)(C)C)CC1. The minimum absolute atomic E-state index is 0.0449. The fraction of sp³-hybridized carbons (Fsp3) is 0.867. The lowest BCUT2D eigenvalue weighted by atomic mass is 10.2. The molecular formula is C30H58N4O8. The predicted octanol–water partition coefficient (Wildman–Crippen LogP) is 2.34. The molecule has 1 fully saturated rings. The number of hydrogen-bond acceptors (Lipinski definition) is 11. The quantitative estimate of drug-likeness (QED) is 0.323. The zero-order valence-corrected chi connectivity index (χ0v) is 28.1. The normalized spacial score (nSPS) is 17.6. The Kier molecular flexibility index (Phi) is 17.4. The van der Waals surface area contributed by atoms with Gasteiger partial charge in [0.25, 0.3) is 0 Å². The molecule has 0 aromatic carbocycles. The number of carbonyl (C=O) groups is 4. The van der Waals surface area contributed by atoms with Crippen LogP contribution in [0.3, 0.4) is 0 Å². The van der Waals surface area contributed by atoms with E-state index in [-0.39, 0.29) is 44.1 Å². The highest BCUT2D eigenvalue weighted by molar-refractivity contribution is 5.73. The van der Waals surface area contributed by atoms with E-state index in [0.717, 1.165) is 0 Å². The molecule has 12 nitrogen and oxygen atoms in total. The van der Waals surface area contributed by atoms with Gasteiger partial charge in [-0.3, -0.25) is 38.8 Å². The maximum Gasteiger partial charge on any atom is 0.320 e. The maximum atomic E-state index is 12.7. The van der Waals surface area contributed by atoms with Gasteiger partial charge in [-0.05, 0) is 62.3 Å². The molecule has 1 aliphatic heterocycles. The van der Waals surface area contributed by atoms with Crippen molar-refractivity contribution in [2.24, 2.45) is 0 Å². The van der Waals surface area contributed by atoms with Gasteiger partial charge in [-0.2, -0.15) is 0 Å². The number of carboxylic acid groups (broad SMARTS) is 1. The summed E-state index contributed by atoms with van der Waals surface area (Å²) in [6.45, 7) is 23.8. The van der Waals surface area contributed by atoms with Crippen LogP contribution in [0.1, 0.15) is 76.2 Å². The van der Waals surface area contributed by atoms with Gasteiger partial charge in [0, 0.05) is 52.4 Å². The molecule has 0 radical (unpaired) electrons. The van der Waals surface area contributed by atoms with Crippen molar-refractivity contribution < 1.29 is 38.5 Å². The molecule has 12 heteroatoms. The van der Waals surface area contributed by atoms with Crippen molar-refractivity contribution in [3.8, 4) is 0 Å². The number of carbonyl (C=O) groups excluding carboxylic acids is 3.